The zero-order valence-corrected chi connectivity index (χ0v) is 10.4. The Morgan fingerprint density at radius 1 is 0.947 bits per heavy atom. The highest BCUT2D eigenvalue weighted by Crippen LogP contribution is 2.40. The van der Waals surface area contributed by atoms with Crippen molar-refractivity contribution in [1.29, 1.82) is 0 Å². The van der Waals surface area contributed by atoms with Crippen LogP contribution in [0.2, 0.25) is 0 Å². The van der Waals surface area contributed by atoms with Crippen molar-refractivity contribution in [2.45, 2.75) is 19.3 Å². The van der Waals surface area contributed by atoms with Gasteiger partial charge in [-0.05, 0) is 58.9 Å². The predicted octanol–water partition coefficient (Wildman–Crippen LogP) is 3.12. The molecule has 92 valence electrons. The first-order valence-corrected chi connectivity index (χ1v) is 6.56. The molecular formula is C17H12O2. The van der Waals surface area contributed by atoms with Crippen molar-refractivity contribution in [3.05, 3.63) is 58.2 Å². The average molecular weight is 248 g/mol. The number of ketones is 2. The Morgan fingerprint density at radius 2 is 1.79 bits per heavy atom. The Balaban J connectivity index is 1.94. The Kier molecular flexibility index (Phi) is 2.05. The smallest absolute Gasteiger partial charge is 0.186 e. The number of fused-ring (bicyclic) bond motifs is 5. The van der Waals surface area contributed by atoms with Gasteiger partial charge in [0.1, 0.15) is 0 Å². The molecule has 1 aromatic rings. The van der Waals surface area contributed by atoms with Crippen LogP contribution in [0.3, 0.4) is 0 Å². The lowest BCUT2D eigenvalue weighted by Crippen LogP contribution is -2.12. The van der Waals surface area contributed by atoms with E-state index < -0.39 is 0 Å². The third-order valence-corrected chi connectivity index (χ3v) is 4.15. The maximum atomic E-state index is 11.7. The highest BCUT2D eigenvalue weighted by Gasteiger charge is 2.26. The van der Waals surface area contributed by atoms with E-state index >= 15 is 0 Å². The molecule has 0 atom stereocenters. The van der Waals surface area contributed by atoms with Crippen LogP contribution >= 0.6 is 0 Å². The Hall–Kier alpha value is -2.22. The maximum Gasteiger partial charge on any atom is 0.186 e. The molecule has 0 aliphatic heterocycles. The van der Waals surface area contributed by atoms with E-state index in [1.165, 1.54) is 16.7 Å². The molecule has 3 aliphatic carbocycles. The van der Waals surface area contributed by atoms with Crippen LogP contribution in [0.15, 0.2) is 35.9 Å². The van der Waals surface area contributed by atoms with E-state index in [1.54, 1.807) is 12.2 Å². The molecule has 0 saturated heterocycles. The average Bonchev–Trinajstić information content (AvgIpc) is 2.80. The second-order valence-corrected chi connectivity index (χ2v) is 5.21. The molecule has 0 amide bonds. The molecule has 0 unspecified atom stereocenters. The van der Waals surface area contributed by atoms with Crippen molar-refractivity contribution < 1.29 is 9.59 Å². The van der Waals surface area contributed by atoms with Crippen molar-refractivity contribution in [2.75, 3.05) is 0 Å². The second-order valence-electron chi connectivity index (χ2n) is 5.21. The van der Waals surface area contributed by atoms with Crippen molar-refractivity contribution >= 4 is 23.2 Å². The van der Waals surface area contributed by atoms with Crippen molar-refractivity contribution in [3.63, 3.8) is 0 Å². The summed E-state index contributed by atoms with van der Waals surface area (Å²) in [7, 11) is 0. The van der Waals surface area contributed by atoms with Crippen LogP contribution in [-0.2, 0) is 11.2 Å². The minimum Gasteiger partial charge on any atom is -0.294 e. The van der Waals surface area contributed by atoms with Crippen LogP contribution in [0, 0.1) is 0 Å². The van der Waals surface area contributed by atoms with Crippen LogP contribution in [0.25, 0.3) is 11.6 Å². The molecule has 2 nitrogen and oxygen atoms in total. The number of benzene rings is 1. The summed E-state index contributed by atoms with van der Waals surface area (Å²) in [5, 5.41) is 0. The van der Waals surface area contributed by atoms with Crippen LogP contribution in [0.5, 0.6) is 0 Å². The van der Waals surface area contributed by atoms with Crippen molar-refractivity contribution in [3.8, 4) is 0 Å². The SMILES string of the molecule is O=C1C=C2CCc3c(ccc4c3C=CC4=O)C2=CC1. The summed E-state index contributed by atoms with van der Waals surface area (Å²) in [5.74, 6) is 0.297. The molecule has 0 saturated carbocycles. The van der Waals surface area contributed by atoms with Crippen molar-refractivity contribution in [1.82, 2.24) is 0 Å². The number of hydrogen-bond donors (Lipinski definition) is 0. The maximum absolute atomic E-state index is 11.7. The first kappa shape index (κ1) is 10.7. The van der Waals surface area contributed by atoms with Gasteiger partial charge in [-0.2, -0.15) is 0 Å². The molecule has 3 aliphatic rings. The molecule has 0 spiro atoms. The van der Waals surface area contributed by atoms with Gasteiger partial charge < -0.3 is 0 Å². The summed E-state index contributed by atoms with van der Waals surface area (Å²) in [4.78, 5) is 23.2. The highest BCUT2D eigenvalue weighted by molar-refractivity contribution is 6.14. The predicted molar refractivity (Wildman–Crippen MR) is 73.8 cm³/mol. The van der Waals surface area contributed by atoms with E-state index in [0.717, 1.165) is 29.5 Å². The Morgan fingerprint density at radius 3 is 2.68 bits per heavy atom. The number of carbonyl (C=O) groups is 2. The first-order valence-electron chi connectivity index (χ1n) is 6.56. The highest BCUT2D eigenvalue weighted by atomic mass is 16.1. The molecule has 4 rings (SSSR count). The minimum atomic E-state index is 0.104. The van der Waals surface area contributed by atoms with Gasteiger partial charge in [-0.1, -0.05) is 18.2 Å². The minimum absolute atomic E-state index is 0.104. The quantitative estimate of drug-likeness (QED) is 0.707. The van der Waals surface area contributed by atoms with E-state index in [0.29, 0.717) is 6.42 Å². The van der Waals surface area contributed by atoms with Gasteiger partial charge in [-0.15, -0.1) is 0 Å². The van der Waals surface area contributed by atoms with Gasteiger partial charge in [0.05, 0.1) is 0 Å². The summed E-state index contributed by atoms with van der Waals surface area (Å²) in [6.45, 7) is 0. The van der Waals surface area contributed by atoms with Crippen LogP contribution in [0.1, 0.15) is 39.9 Å². The molecule has 0 aromatic heterocycles. The van der Waals surface area contributed by atoms with E-state index in [4.69, 9.17) is 0 Å². The first-order chi connectivity index (χ1) is 9.24. The van der Waals surface area contributed by atoms with Crippen LogP contribution < -0.4 is 0 Å². The number of carbonyl (C=O) groups excluding carboxylic acids is 2. The van der Waals surface area contributed by atoms with Crippen molar-refractivity contribution in [2.24, 2.45) is 0 Å². The van der Waals surface area contributed by atoms with Gasteiger partial charge in [0.15, 0.2) is 11.6 Å². The fourth-order valence-corrected chi connectivity index (χ4v) is 3.25. The second kappa shape index (κ2) is 3.64. The normalized spacial score (nSPS) is 19.6. The number of hydrogen-bond acceptors (Lipinski definition) is 2. The number of allylic oxidation sites excluding steroid dienone is 5. The topological polar surface area (TPSA) is 34.1 Å². The lowest BCUT2D eigenvalue weighted by molar-refractivity contribution is -0.113. The summed E-state index contributed by atoms with van der Waals surface area (Å²) in [5.41, 5.74) is 6.70. The fraction of sp³-hybridized carbons (Fsp3) is 0.176. The summed E-state index contributed by atoms with van der Waals surface area (Å²) < 4.78 is 0. The van der Waals surface area contributed by atoms with E-state index in [2.05, 4.69) is 0 Å². The molecular weight excluding hydrogens is 236 g/mol. The molecule has 0 heterocycles. The summed E-state index contributed by atoms with van der Waals surface area (Å²) in [6.07, 6.45) is 9.68. The molecule has 0 N–H and O–H groups in total. The van der Waals surface area contributed by atoms with Gasteiger partial charge in [-0.3, -0.25) is 9.59 Å². The van der Waals surface area contributed by atoms with Gasteiger partial charge in [0.2, 0.25) is 0 Å². The Bertz CT molecular complexity index is 730. The van der Waals surface area contributed by atoms with Gasteiger partial charge in [-0.25, -0.2) is 0 Å². The van der Waals surface area contributed by atoms with E-state index in [1.807, 2.05) is 24.3 Å². The third kappa shape index (κ3) is 1.43. The van der Waals surface area contributed by atoms with Crippen LogP contribution in [0.4, 0.5) is 0 Å². The van der Waals surface area contributed by atoms with E-state index in [9.17, 15) is 9.59 Å². The molecule has 2 heteroatoms. The molecule has 0 radical (unpaired) electrons. The van der Waals surface area contributed by atoms with Crippen LogP contribution in [-0.4, -0.2) is 11.6 Å². The monoisotopic (exact) mass is 248 g/mol. The summed E-state index contributed by atoms with van der Waals surface area (Å²) >= 11 is 0. The summed E-state index contributed by atoms with van der Waals surface area (Å²) in [6, 6.07) is 3.95. The molecule has 0 fully saturated rings. The van der Waals surface area contributed by atoms with E-state index in [-0.39, 0.29) is 11.6 Å². The lowest BCUT2D eigenvalue weighted by atomic mass is 9.78. The zero-order chi connectivity index (χ0) is 13.0. The Labute approximate surface area is 111 Å². The van der Waals surface area contributed by atoms with Gasteiger partial charge >= 0.3 is 0 Å². The largest absolute Gasteiger partial charge is 0.294 e. The zero-order valence-electron chi connectivity index (χ0n) is 10.4. The number of rotatable bonds is 0. The molecule has 0 bridgehead atoms. The third-order valence-electron chi connectivity index (χ3n) is 4.15. The van der Waals surface area contributed by atoms with Gasteiger partial charge in [0.25, 0.3) is 0 Å². The molecule has 1 aromatic carbocycles. The standard InChI is InChI=1S/C17H12O2/c18-11-2-4-12-10(9-11)1-3-14-13(12)5-6-16-15(14)7-8-17(16)19/h4-9H,1-3H2. The fourth-order valence-electron chi connectivity index (χ4n) is 3.25. The molecule has 19 heavy (non-hydrogen) atoms. The lowest BCUT2D eigenvalue weighted by Gasteiger charge is -2.26. The van der Waals surface area contributed by atoms with Gasteiger partial charge in [0, 0.05) is 12.0 Å².